The topological polar surface area (TPSA) is 82.1 Å². The molecule has 3 rings (SSSR count). The van der Waals surface area contributed by atoms with Crippen LogP contribution in [0.15, 0.2) is 36.7 Å². The molecule has 1 saturated heterocycles. The molecule has 0 saturated carbocycles. The Labute approximate surface area is 123 Å². The molecule has 0 atom stereocenters. The lowest BCUT2D eigenvalue weighted by Gasteiger charge is -2.36. The van der Waals surface area contributed by atoms with Crippen molar-refractivity contribution in [1.82, 2.24) is 9.97 Å². The van der Waals surface area contributed by atoms with E-state index in [1.165, 1.54) is 0 Å². The van der Waals surface area contributed by atoms with Gasteiger partial charge >= 0.3 is 0 Å². The van der Waals surface area contributed by atoms with Gasteiger partial charge in [-0.3, -0.25) is 0 Å². The molecule has 2 aromatic rings. The first-order chi connectivity index (χ1) is 10.3. The summed E-state index contributed by atoms with van der Waals surface area (Å²) in [7, 11) is 0. The van der Waals surface area contributed by atoms with Crippen LogP contribution in [0.25, 0.3) is 0 Å². The molecule has 21 heavy (non-hydrogen) atoms. The fourth-order valence-electron chi connectivity index (χ4n) is 2.49. The normalized spacial score (nSPS) is 14.8. The van der Waals surface area contributed by atoms with E-state index in [-0.39, 0.29) is 0 Å². The van der Waals surface area contributed by atoms with E-state index in [9.17, 15) is 0 Å². The van der Waals surface area contributed by atoms with Crippen LogP contribution in [0.3, 0.4) is 0 Å². The minimum absolute atomic E-state index is 0.489. The first-order valence-electron chi connectivity index (χ1n) is 6.84. The molecule has 3 heterocycles. The molecule has 1 aliphatic rings. The monoisotopic (exact) mass is 280 g/mol. The van der Waals surface area contributed by atoms with E-state index in [1.54, 1.807) is 12.3 Å². The van der Waals surface area contributed by atoms with Crippen molar-refractivity contribution < 1.29 is 0 Å². The first kappa shape index (κ1) is 13.2. The highest BCUT2D eigenvalue weighted by Gasteiger charge is 2.20. The smallest absolute Gasteiger partial charge is 0.151 e. The van der Waals surface area contributed by atoms with Crippen molar-refractivity contribution in [1.29, 1.82) is 5.26 Å². The number of nitrogen functional groups attached to an aromatic ring is 1. The Morgan fingerprint density at radius 1 is 1.10 bits per heavy atom. The molecule has 2 aromatic heterocycles. The summed E-state index contributed by atoms with van der Waals surface area (Å²) >= 11 is 0. The van der Waals surface area contributed by atoms with Gasteiger partial charge in [0.25, 0.3) is 0 Å². The zero-order valence-electron chi connectivity index (χ0n) is 11.6. The SMILES string of the molecule is N#Cc1cnc(N2CCN(c3ccccn3)CC2)c(N)c1. The zero-order valence-corrected chi connectivity index (χ0v) is 11.6. The van der Waals surface area contributed by atoms with Crippen molar-refractivity contribution >= 4 is 17.3 Å². The summed E-state index contributed by atoms with van der Waals surface area (Å²) in [5.74, 6) is 1.76. The van der Waals surface area contributed by atoms with Crippen molar-refractivity contribution in [3.8, 4) is 6.07 Å². The lowest BCUT2D eigenvalue weighted by Crippen LogP contribution is -2.47. The van der Waals surface area contributed by atoms with Crippen LogP contribution in [0, 0.1) is 11.3 Å². The maximum atomic E-state index is 8.85. The molecule has 0 amide bonds. The molecular formula is C15H16N6. The molecule has 0 aliphatic carbocycles. The Morgan fingerprint density at radius 2 is 1.86 bits per heavy atom. The number of pyridine rings is 2. The molecule has 6 heteroatoms. The number of anilines is 3. The number of nitrogens with two attached hydrogens (primary N) is 1. The number of aromatic nitrogens is 2. The fraction of sp³-hybridized carbons (Fsp3) is 0.267. The molecule has 0 unspecified atom stereocenters. The van der Waals surface area contributed by atoms with Crippen LogP contribution in [-0.4, -0.2) is 36.1 Å². The van der Waals surface area contributed by atoms with Crippen LogP contribution in [0.2, 0.25) is 0 Å². The molecule has 106 valence electrons. The molecule has 0 aromatic carbocycles. The van der Waals surface area contributed by atoms with E-state index in [0.29, 0.717) is 11.3 Å². The van der Waals surface area contributed by atoms with Crippen molar-refractivity contribution in [2.75, 3.05) is 41.7 Å². The van der Waals surface area contributed by atoms with Gasteiger partial charge in [0, 0.05) is 38.6 Å². The Morgan fingerprint density at radius 3 is 2.48 bits per heavy atom. The van der Waals surface area contributed by atoms with Gasteiger partial charge in [0.1, 0.15) is 11.9 Å². The Bertz CT molecular complexity index is 656. The highest BCUT2D eigenvalue weighted by Crippen LogP contribution is 2.23. The number of piperazine rings is 1. The summed E-state index contributed by atoms with van der Waals surface area (Å²) in [4.78, 5) is 13.1. The van der Waals surface area contributed by atoms with Crippen molar-refractivity contribution in [2.45, 2.75) is 0 Å². The number of rotatable bonds is 2. The quantitative estimate of drug-likeness (QED) is 0.891. The Balaban J connectivity index is 1.70. The van der Waals surface area contributed by atoms with Gasteiger partial charge in [0.05, 0.1) is 11.3 Å². The number of hydrogen-bond donors (Lipinski definition) is 1. The van der Waals surface area contributed by atoms with E-state index in [2.05, 4.69) is 19.8 Å². The Hall–Kier alpha value is -2.81. The summed E-state index contributed by atoms with van der Waals surface area (Å²) in [6.07, 6.45) is 3.37. The average Bonchev–Trinajstić information content (AvgIpc) is 2.56. The van der Waals surface area contributed by atoms with Gasteiger partial charge in [-0.15, -0.1) is 0 Å². The molecule has 1 aliphatic heterocycles. The number of nitrogens with zero attached hydrogens (tertiary/aromatic N) is 5. The molecular weight excluding hydrogens is 264 g/mol. The summed E-state index contributed by atoms with van der Waals surface area (Å²) in [6.45, 7) is 3.41. The fourth-order valence-corrected chi connectivity index (χ4v) is 2.49. The second-order valence-corrected chi connectivity index (χ2v) is 4.91. The highest BCUT2D eigenvalue weighted by atomic mass is 15.3. The molecule has 0 spiro atoms. The van der Waals surface area contributed by atoms with Crippen LogP contribution in [0.5, 0.6) is 0 Å². The largest absolute Gasteiger partial charge is 0.396 e. The molecule has 1 fully saturated rings. The van der Waals surface area contributed by atoms with E-state index in [0.717, 1.165) is 37.8 Å². The maximum absolute atomic E-state index is 8.85. The predicted octanol–water partition coefficient (Wildman–Crippen LogP) is 1.26. The van der Waals surface area contributed by atoms with Crippen LogP contribution in [0.4, 0.5) is 17.3 Å². The second-order valence-electron chi connectivity index (χ2n) is 4.91. The number of nitriles is 1. The molecule has 0 radical (unpaired) electrons. The maximum Gasteiger partial charge on any atom is 0.151 e. The van der Waals surface area contributed by atoms with E-state index in [1.807, 2.05) is 30.5 Å². The highest BCUT2D eigenvalue weighted by molar-refractivity contribution is 5.65. The third kappa shape index (κ3) is 2.72. The van der Waals surface area contributed by atoms with E-state index in [4.69, 9.17) is 11.0 Å². The Kier molecular flexibility index (Phi) is 3.56. The van der Waals surface area contributed by atoms with Crippen LogP contribution < -0.4 is 15.5 Å². The minimum Gasteiger partial charge on any atom is -0.396 e. The van der Waals surface area contributed by atoms with Gasteiger partial charge in [0.15, 0.2) is 5.82 Å². The summed E-state index contributed by atoms with van der Waals surface area (Å²) in [5.41, 5.74) is 7.04. The third-order valence-electron chi connectivity index (χ3n) is 3.58. The van der Waals surface area contributed by atoms with E-state index < -0.39 is 0 Å². The molecule has 2 N–H and O–H groups in total. The standard InChI is InChI=1S/C15H16N6/c16-10-12-9-13(17)15(19-11-12)21-7-5-20(6-8-21)14-3-1-2-4-18-14/h1-4,9,11H,5-8,17H2. The van der Waals surface area contributed by atoms with Crippen LogP contribution in [0.1, 0.15) is 5.56 Å². The van der Waals surface area contributed by atoms with Crippen molar-refractivity contribution in [2.24, 2.45) is 0 Å². The summed E-state index contributed by atoms with van der Waals surface area (Å²) in [6, 6.07) is 9.65. The third-order valence-corrected chi connectivity index (χ3v) is 3.58. The van der Waals surface area contributed by atoms with Gasteiger partial charge in [-0.05, 0) is 18.2 Å². The second kappa shape index (κ2) is 5.67. The van der Waals surface area contributed by atoms with Crippen molar-refractivity contribution in [3.63, 3.8) is 0 Å². The minimum atomic E-state index is 0.489. The molecule has 0 bridgehead atoms. The average molecular weight is 280 g/mol. The van der Waals surface area contributed by atoms with Crippen LogP contribution >= 0.6 is 0 Å². The zero-order chi connectivity index (χ0) is 14.7. The first-order valence-corrected chi connectivity index (χ1v) is 6.84. The van der Waals surface area contributed by atoms with Crippen molar-refractivity contribution in [3.05, 3.63) is 42.2 Å². The van der Waals surface area contributed by atoms with E-state index >= 15 is 0 Å². The lowest BCUT2D eigenvalue weighted by molar-refractivity contribution is 0.642. The van der Waals surface area contributed by atoms with Gasteiger partial charge in [0.2, 0.25) is 0 Å². The predicted molar refractivity (Wildman–Crippen MR) is 82.0 cm³/mol. The van der Waals surface area contributed by atoms with Gasteiger partial charge in [-0.2, -0.15) is 5.26 Å². The molecule has 6 nitrogen and oxygen atoms in total. The van der Waals surface area contributed by atoms with Gasteiger partial charge < -0.3 is 15.5 Å². The summed E-state index contributed by atoms with van der Waals surface area (Å²) < 4.78 is 0. The lowest BCUT2D eigenvalue weighted by atomic mass is 10.2. The van der Waals surface area contributed by atoms with Gasteiger partial charge in [-0.25, -0.2) is 9.97 Å². The van der Waals surface area contributed by atoms with Gasteiger partial charge in [-0.1, -0.05) is 6.07 Å². The number of hydrogen-bond acceptors (Lipinski definition) is 6. The van der Waals surface area contributed by atoms with Crippen LogP contribution in [-0.2, 0) is 0 Å². The summed E-state index contributed by atoms with van der Waals surface area (Å²) in [5, 5.41) is 8.85.